The fourth-order valence-electron chi connectivity index (χ4n) is 2.88. The van der Waals surface area contributed by atoms with Crippen LogP contribution in [0.2, 0.25) is 5.02 Å². The van der Waals surface area contributed by atoms with E-state index in [1.54, 1.807) is 53.5 Å². The van der Waals surface area contributed by atoms with E-state index < -0.39 is 5.82 Å². The van der Waals surface area contributed by atoms with Gasteiger partial charge >= 0.3 is 5.97 Å². The van der Waals surface area contributed by atoms with Crippen molar-refractivity contribution in [1.29, 1.82) is 0 Å². The van der Waals surface area contributed by atoms with Crippen LogP contribution in [-0.4, -0.2) is 37.3 Å². The molecule has 1 aliphatic rings. The molecular formula is C21H18ClFN2O3. The van der Waals surface area contributed by atoms with Gasteiger partial charge < -0.3 is 9.64 Å². The largest absolute Gasteiger partial charge is 0.462 e. The summed E-state index contributed by atoms with van der Waals surface area (Å²) in [6, 6.07) is 11.4. The Balaban J connectivity index is 1.97. The Kier molecular flexibility index (Phi) is 6.21. The van der Waals surface area contributed by atoms with Crippen LogP contribution in [0.25, 0.3) is 0 Å². The van der Waals surface area contributed by atoms with Crippen LogP contribution >= 0.6 is 11.6 Å². The smallest absolute Gasteiger partial charge is 0.302 e. The van der Waals surface area contributed by atoms with E-state index in [1.807, 2.05) is 0 Å². The Morgan fingerprint density at radius 1 is 1.25 bits per heavy atom. The van der Waals surface area contributed by atoms with E-state index >= 15 is 0 Å². The quantitative estimate of drug-likeness (QED) is 0.567. The third-order valence-corrected chi connectivity index (χ3v) is 4.38. The highest BCUT2D eigenvalue weighted by Crippen LogP contribution is 2.30. The van der Waals surface area contributed by atoms with Gasteiger partial charge in [0.2, 0.25) is 5.91 Å². The van der Waals surface area contributed by atoms with Crippen LogP contribution < -0.4 is 4.90 Å². The molecule has 0 spiro atoms. The van der Waals surface area contributed by atoms with Gasteiger partial charge in [0.05, 0.1) is 11.4 Å². The first-order chi connectivity index (χ1) is 13.5. The topological polar surface area (TPSA) is 59.0 Å². The van der Waals surface area contributed by atoms with Gasteiger partial charge in [0, 0.05) is 29.6 Å². The summed E-state index contributed by atoms with van der Waals surface area (Å²) in [6.07, 6.45) is 3.39. The maximum absolute atomic E-state index is 14.4. The van der Waals surface area contributed by atoms with Crippen molar-refractivity contribution in [1.82, 2.24) is 0 Å². The van der Waals surface area contributed by atoms with Crippen LogP contribution in [0, 0.1) is 5.82 Å². The molecule has 0 saturated carbocycles. The molecule has 0 N–H and O–H groups in total. The van der Waals surface area contributed by atoms with E-state index in [0.29, 0.717) is 27.5 Å². The third kappa shape index (κ3) is 4.46. The number of aliphatic imine (C=N–C) groups is 1. The van der Waals surface area contributed by atoms with Crippen molar-refractivity contribution in [2.45, 2.75) is 6.92 Å². The molecule has 0 radical (unpaired) electrons. The molecule has 5 nitrogen and oxygen atoms in total. The molecule has 0 saturated heterocycles. The number of benzodiazepines with no additional fused rings is 1. The van der Waals surface area contributed by atoms with Gasteiger partial charge in [-0.15, -0.1) is 0 Å². The number of esters is 1. The number of rotatable bonds is 5. The first-order valence-electron chi connectivity index (χ1n) is 8.65. The number of carbonyl (C=O) groups excluding carboxylic acids is 2. The minimum absolute atomic E-state index is 0.117. The predicted octanol–water partition coefficient (Wildman–Crippen LogP) is 3.78. The number of carbonyl (C=O) groups is 2. The maximum atomic E-state index is 14.4. The summed E-state index contributed by atoms with van der Waals surface area (Å²) >= 11 is 6.17. The molecule has 1 aliphatic heterocycles. The molecule has 0 aliphatic carbocycles. The summed E-state index contributed by atoms with van der Waals surface area (Å²) in [6.45, 7) is 1.60. The van der Waals surface area contributed by atoms with Crippen molar-refractivity contribution in [3.63, 3.8) is 0 Å². The molecule has 0 bridgehead atoms. The summed E-state index contributed by atoms with van der Waals surface area (Å²) in [4.78, 5) is 29.4. The highest BCUT2D eigenvalue weighted by Gasteiger charge is 2.25. The summed E-state index contributed by atoms with van der Waals surface area (Å²) < 4.78 is 19.2. The third-order valence-electron chi connectivity index (χ3n) is 4.14. The molecule has 144 valence electrons. The normalized spacial score (nSPS) is 13.9. The number of hydrogen-bond donors (Lipinski definition) is 0. The monoisotopic (exact) mass is 400 g/mol. The van der Waals surface area contributed by atoms with E-state index in [0.717, 1.165) is 0 Å². The van der Waals surface area contributed by atoms with E-state index in [2.05, 4.69) is 4.99 Å². The SMILES string of the molecule is CC(=O)OC/C=C/CN1C(=O)CN=C(c2ccccc2F)c2cc(Cl)ccc21. The Morgan fingerprint density at radius 3 is 2.79 bits per heavy atom. The number of ether oxygens (including phenoxy) is 1. The molecule has 2 aromatic carbocycles. The lowest BCUT2D eigenvalue weighted by molar-refractivity contribution is -0.139. The number of halogens is 2. The lowest BCUT2D eigenvalue weighted by Crippen LogP contribution is -2.32. The molecule has 0 atom stereocenters. The molecule has 2 aromatic rings. The molecule has 7 heteroatoms. The van der Waals surface area contributed by atoms with E-state index in [-0.39, 0.29) is 31.6 Å². The van der Waals surface area contributed by atoms with Crippen molar-refractivity contribution >= 4 is 34.9 Å². The Bertz CT molecular complexity index is 972. The van der Waals surface area contributed by atoms with Gasteiger partial charge in [0.25, 0.3) is 0 Å². The van der Waals surface area contributed by atoms with Gasteiger partial charge in [0.1, 0.15) is 19.0 Å². The molecule has 0 fully saturated rings. The minimum atomic E-state index is -0.422. The second kappa shape index (κ2) is 8.80. The Morgan fingerprint density at radius 2 is 2.04 bits per heavy atom. The number of anilines is 1. The molecule has 28 heavy (non-hydrogen) atoms. The van der Waals surface area contributed by atoms with Crippen LogP contribution in [0.4, 0.5) is 10.1 Å². The lowest BCUT2D eigenvalue weighted by atomic mass is 9.99. The summed E-state index contributed by atoms with van der Waals surface area (Å²) in [5.74, 6) is -1.03. The number of nitrogens with zero attached hydrogens (tertiary/aromatic N) is 2. The number of amides is 1. The minimum Gasteiger partial charge on any atom is -0.462 e. The molecule has 3 rings (SSSR count). The van der Waals surface area contributed by atoms with Gasteiger partial charge in [-0.3, -0.25) is 14.6 Å². The van der Waals surface area contributed by atoms with Gasteiger partial charge in [0.15, 0.2) is 0 Å². The van der Waals surface area contributed by atoms with Crippen molar-refractivity contribution in [3.05, 3.63) is 76.6 Å². The Hall–Kier alpha value is -2.99. The van der Waals surface area contributed by atoms with Gasteiger partial charge in [-0.2, -0.15) is 0 Å². The van der Waals surface area contributed by atoms with Gasteiger partial charge in [-0.05, 0) is 36.4 Å². The molecular weight excluding hydrogens is 383 g/mol. The first-order valence-corrected chi connectivity index (χ1v) is 9.03. The van der Waals surface area contributed by atoms with Crippen molar-refractivity contribution in [3.8, 4) is 0 Å². The standard InChI is InChI=1S/C21H18ClFN2O3/c1-14(26)28-11-5-4-10-25-19-9-8-15(22)12-17(19)21(24-13-20(25)27)16-6-2-3-7-18(16)23/h2-9,12H,10-11,13H2,1H3/b5-4+. The second-order valence-corrected chi connectivity index (χ2v) is 6.52. The zero-order valence-corrected chi connectivity index (χ0v) is 15.9. The Labute approximate surface area is 167 Å². The van der Waals surface area contributed by atoms with Gasteiger partial charge in [-0.25, -0.2) is 4.39 Å². The van der Waals surface area contributed by atoms with E-state index in [4.69, 9.17) is 16.3 Å². The predicted molar refractivity (Wildman–Crippen MR) is 106 cm³/mol. The molecule has 1 heterocycles. The number of hydrogen-bond acceptors (Lipinski definition) is 4. The highest BCUT2D eigenvalue weighted by molar-refractivity contribution is 6.32. The first kappa shape index (κ1) is 19.8. The summed E-state index contributed by atoms with van der Waals surface area (Å²) in [5, 5.41) is 0.461. The highest BCUT2D eigenvalue weighted by atomic mass is 35.5. The van der Waals surface area contributed by atoms with Crippen LogP contribution in [0.3, 0.4) is 0 Å². The number of fused-ring (bicyclic) bond motifs is 1. The van der Waals surface area contributed by atoms with Crippen LogP contribution in [0.15, 0.2) is 59.6 Å². The lowest BCUT2D eigenvalue weighted by Gasteiger charge is -2.22. The maximum Gasteiger partial charge on any atom is 0.302 e. The molecule has 0 aromatic heterocycles. The van der Waals surface area contributed by atoms with E-state index in [9.17, 15) is 14.0 Å². The zero-order valence-electron chi connectivity index (χ0n) is 15.2. The van der Waals surface area contributed by atoms with Gasteiger partial charge in [-0.1, -0.05) is 29.8 Å². The zero-order chi connectivity index (χ0) is 20.1. The van der Waals surface area contributed by atoms with Crippen LogP contribution in [0.5, 0.6) is 0 Å². The van der Waals surface area contributed by atoms with Crippen molar-refractivity contribution in [2.24, 2.45) is 4.99 Å². The average molecular weight is 401 g/mol. The average Bonchev–Trinajstić information content (AvgIpc) is 2.78. The van der Waals surface area contributed by atoms with Crippen molar-refractivity contribution < 1.29 is 18.7 Å². The van der Waals surface area contributed by atoms with E-state index in [1.165, 1.54) is 13.0 Å². The van der Waals surface area contributed by atoms with Crippen LogP contribution in [0.1, 0.15) is 18.1 Å². The number of benzene rings is 2. The summed E-state index contributed by atoms with van der Waals surface area (Å²) in [7, 11) is 0. The fraction of sp³-hybridized carbons (Fsp3) is 0.190. The molecule has 0 unspecified atom stereocenters. The van der Waals surface area contributed by atoms with Crippen LogP contribution in [-0.2, 0) is 14.3 Å². The molecule has 1 amide bonds. The summed E-state index contributed by atoms with van der Waals surface area (Å²) in [5.41, 5.74) is 1.87. The fourth-order valence-corrected chi connectivity index (χ4v) is 3.05. The van der Waals surface area contributed by atoms with Crippen molar-refractivity contribution in [2.75, 3.05) is 24.6 Å². The second-order valence-electron chi connectivity index (χ2n) is 6.08.